The number of likely N-dealkylation sites (tertiary alicyclic amines) is 2. The maximum Gasteiger partial charge on any atom is 0.255 e. The molecule has 2 amide bonds. The van der Waals surface area contributed by atoms with Crippen LogP contribution in [0.3, 0.4) is 0 Å². The first kappa shape index (κ1) is 16.9. The number of carbonyl (C=O) groups is 2. The first-order valence-electron chi connectivity index (χ1n) is 8.60. The molecule has 2 aliphatic rings. The van der Waals surface area contributed by atoms with Crippen LogP contribution < -0.4 is 0 Å². The summed E-state index contributed by atoms with van der Waals surface area (Å²) in [5.41, 5.74) is 0.641. The predicted molar refractivity (Wildman–Crippen MR) is 91.5 cm³/mol. The first-order valence-corrected chi connectivity index (χ1v) is 8.60. The number of hydrogen-bond acceptors (Lipinski definition) is 4. The van der Waals surface area contributed by atoms with E-state index >= 15 is 0 Å². The van der Waals surface area contributed by atoms with Gasteiger partial charge in [0.25, 0.3) is 5.91 Å². The highest BCUT2D eigenvalue weighted by molar-refractivity contribution is 5.94. The van der Waals surface area contributed by atoms with Crippen LogP contribution in [0, 0.1) is 5.92 Å². The maximum atomic E-state index is 12.7. The molecule has 3 rings (SSSR count). The second-order valence-corrected chi connectivity index (χ2v) is 7.19. The summed E-state index contributed by atoms with van der Waals surface area (Å²) in [5, 5.41) is 0. The van der Waals surface area contributed by atoms with Crippen molar-refractivity contribution in [1.82, 2.24) is 19.7 Å². The Balaban J connectivity index is 1.72. The molecule has 3 heterocycles. The summed E-state index contributed by atoms with van der Waals surface area (Å²) in [6.07, 6.45) is 5.13. The van der Waals surface area contributed by atoms with Gasteiger partial charge >= 0.3 is 0 Å². The van der Waals surface area contributed by atoms with Crippen molar-refractivity contribution in [3.63, 3.8) is 0 Å². The van der Waals surface area contributed by atoms with Crippen molar-refractivity contribution in [1.29, 1.82) is 0 Å². The molecule has 0 spiro atoms. The third-order valence-corrected chi connectivity index (χ3v) is 5.15. The lowest BCUT2D eigenvalue weighted by Crippen LogP contribution is -2.50. The average Bonchev–Trinajstić information content (AvgIpc) is 2.91. The second-order valence-electron chi connectivity index (χ2n) is 7.19. The van der Waals surface area contributed by atoms with E-state index in [1.165, 1.54) is 0 Å². The smallest absolute Gasteiger partial charge is 0.255 e. The van der Waals surface area contributed by atoms with E-state index in [2.05, 4.69) is 14.8 Å². The zero-order valence-corrected chi connectivity index (χ0v) is 14.7. The van der Waals surface area contributed by atoms with Crippen LogP contribution in [0.5, 0.6) is 0 Å². The lowest BCUT2D eigenvalue weighted by molar-refractivity contribution is -0.132. The Morgan fingerprint density at radius 1 is 1.38 bits per heavy atom. The van der Waals surface area contributed by atoms with Gasteiger partial charge in [0, 0.05) is 51.0 Å². The zero-order chi connectivity index (χ0) is 17.3. The lowest BCUT2D eigenvalue weighted by Gasteiger charge is -2.38. The minimum atomic E-state index is 0.0481. The summed E-state index contributed by atoms with van der Waals surface area (Å²) in [4.78, 5) is 35.0. The van der Waals surface area contributed by atoms with Crippen molar-refractivity contribution in [2.24, 2.45) is 5.92 Å². The summed E-state index contributed by atoms with van der Waals surface area (Å²) in [5.74, 6) is 0.571. The number of carbonyl (C=O) groups excluding carboxylic acids is 2. The molecular formula is C18H26N4O2. The van der Waals surface area contributed by atoms with E-state index in [0.717, 1.165) is 25.9 Å². The Labute approximate surface area is 143 Å². The van der Waals surface area contributed by atoms with Crippen LogP contribution in [-0.2, 0) is 4.79 Å². The molecule has 0 saturated carbocycles. The Hall–Kier alpha value is -1.95. The molecule has 0 N–H and O–H groups in total. The van der Waals surface area contributed by atoms with E-state index in [4.69, 9.17) is 0 Å². The monoisotopic (exact) mass is 330 g/mol. The van der Waals surface area contributed by atoms with Crippen LogP contribution in [0.2, 0.25) is 0 Å². The average molecular weight is 330 g/mol. The molecule has 1 aromatic heterocycles. The summed E-state index contributed by atoms with van der Waals surface area (Å²) in [6, 6.07) is 4.12. The van der Waals surface area contributed by atoms with Gasteiger partial charge in [-0.2, -0.15) is 0 Å². The molecule has 6 heteroatoms. The molecule has 0 bridgehead atoms. The van der Waals surface area contributed by atoms with Gasteiger partial charge in [0.15, 0.2) is 0 Å². The molecule has 0 aliphatic carbocycles. The van der Waals surface area contributed by atoms with Gasteiger partial charge in [0.05, 0.1) is 5.56 Å². The standard InChI is InChI=1S/C18H26N4O2/c1-13(23)22-16(12-20(2)3)9-15-11-21(8-6-17(15)22)18(24)14-5-4-7-19-10-14/h4-5,7,10,15-17H,6,8-9,11-12H2,1-3H3/t15-,16+,17+/m1/s1. The SMILES string of the molecule is CC(=O)N1[C@H](CN(C)C)C[C@@H]2CN(C(=O)c3cccnc3)CC[C@@H]21. The van der Waals surface area contributed by atoms with E-state index in [1.54, 1.807) is 25.4 Å². The minimum Gasteiger partial charge on any atom is -0.338 e. The molecule has 6 nitrogen and oxygen atoms in total. The number of piperidine rings is 1. The van der Waals surface area contributed by atoms with Crippen LogP contribution in [0.4, 0.5) is 0 Å². The number of rotatable bonds is 3. The highest BCUT2D eigenvalue weighted by atomic mass is 16.2. The second kappa shape index (κ2) is 6.89. The molecule has 2 saturated heterocycles. The maximum absolute atomic E-state index is 12.7. The van der Waals surface area contributed by atoms with Gasteiger partial charge in [-0.3, -0.25) is 14.6 Å². The Morgan fingerprint density at radius 3 is 2.79 bits per heavy atom. The molecular weight excluding hydrogens is 304 g/mol. The van der Waals surface area contributed by atoms with Crippen molar-refractivity contribution in [3.8, 4) is 0 Å². The quantitative estimate of drug-likeness (QED) is 0.833. The highest BCUT2D eigenvalue weighted by Crippen LogP contribution is 2.36. The molecule has 1 aromatic rings. The van der Waals surface area contributed by atoms with Crippen LogP contribution in [0.15, 0.2) is 24.5 Å². The van der Waals surface area contributed by atoms with Crippen LogP contribution in [-0.4, -0.2) is 77.3 Å². The predicted octanol–water partition coefficient (Wildman–Crippen LogP) is 1.09. The molecule has 2 aliphatic heterocycles. The van der Waals surface area contributed by atoms with E-state index < -0.39 is 0 Å². The molecule has 2 fully saturated rings. The minimum absolute atomic E-state index is 0.0481. The molecule has 24 heavy (non-hydrogen) atoms. The fourth-order valence-electron chi connectivity index (χ4n) is 4.28. The van der Waals surface area contributed by atoms with Crippen LogP contribution >= 0.6 is 0 Å². The lowest BCUT2D eigenvalue weighted by atomic mass is 9.91. The first-order chi connectivity index (χ1) is 11.5. The number of fused-ring (bicyclic) bond motifs is 1. The van der Waals surface area contributed by atoms with Crippen LogP contribution in [0.1, 0.15) is 30.1 Å². The number of hydrogen-bond donors (Lipinski definition) is 0. The molecule has 0 aromatic carbocycles. The summed E-state index contributed by atoms with van der Waals surface area (Å²) < 4.78 is 0. The zero-order valence-electron chi connectivity index (χ0n) is 14.7. The van der Waals surface area contributed by atoms with Gasteiger partial charge in [0.2, 0.25) is 5.91 Å². The molecule has 0 radical (unpaired) electrons. The van der Waals surface area contributed by atoms with E-state index in [9.17, 15) is 9.59 Å². The van der Waals surface area contributed by atoms with Crippen molar-refractivity contribution >= 4 is 11.8 Å². The topological polar surface area (TPSA) is 56.8 Å². The van der Waals surface area contributed by atoms with Crippen LogP contribution in [0.25, 0.3) is 0 Å². The highest BCUT2D eigenvalue weighted by Gasteiger charge is 2.45. The molecule has 3 atom stereocenters. The summed E-state index contributed by atoms with van der Waals surface area (Å²) >= 11 is 0. The van der Waals surface area contributed by atoms with Gasteiger partial charge < -0.3 is 14.7 Å². The van der Waals surface area contributed by atoms with Crippen molar-refractivity contribution in [2.75, 3.05) is 33.7 Å². The van der Waals surface area contributed by atoms with Gasteiger partial charge in [-0.15, -0.1) is 0 Å². The fourth-order valence-corrected chi connectivity index (χ4v) is 4.28. The van der Waals surface area contributed by atoms with Crippen molar-refractivity contribution in [3.05, 3.63) is 30.1 Å². The summed E-state index contributed by atoms with van der Waals surface area (Å²) in [6.45, 7) is 3.97. The van der Waals surface area contributed by atoms with Crippen molar-refractivity contribution < 1.29 is 9.59 Å². The van der Waals surface area contributed by atoms with E-state index in [0.29, 0.717) is 18.0 Å². The normalized spacial score (nSPS) is 26.6. The Morgan fingerprint density at radius 2 is 2.17 bits per heavy atom. The number of nitrogens with zero attached hydrogens (tertiary/aromatic N) is 4. The van der Waals surface area contributed by atoms with Crippen molar-refractivity contribution in [2.45, 2.75) is 31.8 Å². The van der Waals surface area contributed by atoms with Gasteiger partial charge in [-0.1, -0.05) is 0 Å². The number of pyridine rings is 1. The Kier molecular flexibility index (Phi) is 4.85. The summed E-state index contributed by atoms with van der Waals surface area (Å²) in [7, 11) is 4.08. The van der Waals surface area contributed by atoms with Gasteiger partial charge in [-0.25, -0.2) is 0 Å². The third kappa shape index (κ3) is 3.29. The van der Waals surface area contributed by atoms with E-state index in [1.807, 2.05) is 25.1 Å². The van der Waals surface area contributed by atoms with E-state index in [-0.39, 0.29) is 23.9 Å². The molecule has 130 valence electrons. The number of amides is 2. The third-order valence-electron chi connectivity index (χ3n) is 5.15. The Bertz CT molecular complexity index is 604. The number of aromatic nitrogens is 1. The van der Waals surface area contributed by atoms with Gasteiger partial charge in [-0.05, 0) is 45.0 Å². The fraction of sp³-hybridized carbons (Fsp3) is 0.611. The molecule has 0 unspecified atom stereocenters. The number of likely N-dealkylation sites (N-methyl/N-ethyl adjacent to an activating group) is 1. The van der Waals surface area contributed by atoms with Gasteiger partial charge in [0.1, 0.15) is 0 Å². The largest absolute Gasteiger partial charge is 0.338 e.